The highest BCUT2D eigenvalue weighted by molar-refractivity contribution is 5.56. The second kappa shape index (κ2) is 6.74. The summed E-state index contributed by atoms with van der Waals surface area (Å²) in [6, 6.07) is 7.86. The van der Waals surface area contributed by atoms with Crippen molar-refractivity contribution in [3.8, 4) is 11.3 Å². The van der Waals surface area contributed by atoms with Gasteiger partial charge in [-0.25, -0.2) is 9.67 Å². The summed E-state index contributed by atoms with van der Waals surface area (Å²) in [6.45, 7) is 3.57. The quantitative estimate of drug-likeness (QED) is 0.671. The van der Waals surface area contributed by atoms with E-state index in [1.54, 1.807) is 29.2 Å². The molecule has 3 aromatic heterocycles. The summed E-state index contributed by atoms with van der Waals surface area (Å²) in [6.07, 6.45) is 9.98. The minimum absolute atomic E-state index is 0.0482. The fourth-order valence-corrected chi connectivity index (χ4v) is 3.78. The highest BCUT2D eigenvalue weighted by Crippen LogP contribution is 2.36. The molecule has 5 rings (SSSR count). The molecule has 0 bridgehead atoms. The number of pyridine rings is 1. The summed E-state index contributed by atoms with van der Waals surface area (Å²) in [4.78, 5) is 23.1. The Morgan fingerprint density at radius 2 is 1.96 bits per heavy atom. The summed E-state index contributed by atoms with van der Waals surface area (Å²) < 4.78 is 3.91. The van der Waals surface area contributed by atoms with Crippen LogP contribution in [0.5, 0.6) is 0 Å². The van der Waals surface area contributed by atoms with E-state index < -0.39 is 0 Å². The van der Waals surface area contributed by atoms with Gasteiger partial charge in [-0.3, -0.25) is 14.7 Å². The van der Waals surface area contributed by atoms with Gasteiger partial charge in [-0.05, 0) is 31.0 Å². The first-order valence-corrected chi connectivity index (χ1v) is 9.48. The van der Waals surface area contributed by atoms with E-state index in [-0.39, 0.29) is 5.56 Å². The van der Waals surface area contributed by atoms with E-state index in [0.717, 1.165) is 30.9 Å². The lowest BCUT2D eigenvalue weighted by Crippen LogP contribution is -2.49. The van der Waals surface area contributed by atoms with Crippen molar-refractivity contribution >= 4 is 0 Å². The van der Waals surface area contributed by atoms with Gasteiger partial charge in [0.15, 0.2) is 0 Å². The highest BCUT2D eigenvalue weighted by atomic mass is 16.1. The lowest BCUT2D eigenvalue weighted by Gasteiger charge is -2.39. The molecule has 4 heterocycles. The van der Waals surface area contributed by atoms with Gasteiger partial charge in [-0.2, -0.15) is 5.10 Å². The fraction of sp³-hybridized carbons (Fsp3) is 0.400. The van der Waals surface area contributed by atoms with Crippen LogP contribution in [0.25, 0.3) is 11.3 Å². The SMILES string of the molecule is O=c1ccc(-c2cccnc2)nn1CC1CN(Cc2cncn2C2CC2)C1. The number of imidazole rings is 1. The molecule has 0 radical (unpaired) electrons. The molecule has 1 saturated carbocycles. The van der Waals surface area contributed by atoms with Crippen molar-refractivity contribution in [2.75, 3.05) is 13.1 Å². The van der Waals surface area contributed by atoms with E-state index in [1.807, 2.05) is 24.7 Å². The monoisotopic (exact) mass is 362 g/mol. The molecule has 0 aromatic carbocycles. The van der Waals surface area contributed by atoms with Crippen molar-refractivity contribution in [3.05, 3.63) is 65.2 Å². The predicted octanol–water partition coefficient (Wildman–Crippen LogP) is 1.97. The van der Waals surface area contributed by atoms with E-state index in [9.17, 15) is 4.79 Å². The number of hydrogen-bond acceptors (Lipinski definition) is 5. The van der Waals surface area contributed by atoms with Crippen LogP contribution in [-0.4, -0.2) is 42.3 Å². The lowest BCUT2D eigenvalue weighted by molar-refractivity contribution is 0.0743. The average Bonchev–Trinajstić information content (AvgIpc) is 3.41. The summed E-state index contributed by atoms with van der Waals surface area (Å²) in [5.41, 5.74) is 2.96. The Balaban J connectivity index is 1.22. The number of aromatic nitrogens is 5. The van der Waals surface area contributed by atoms with Crippen LogP contribution in [0, 0.1) is 5.92 Å². The van der Waals surface area contributed by atoms with Crippen LogP contribution in [0.1, 0.15) is 24.6 Å². The topological polar surface area (TPSA) is 68.8 Å². The maximum Gasteiger partial charge on any atom is 0.266 e. The lowest BCUT2D eigenvalue weighted by atomic mass is 10.00. The molecule has 138 valence electrons. The Labute approximate surface area is 157 Å². The number of hydrogen-bond donors (Lipinski definition) is 0. The van der Waals surface area contributed by atoms with Gasteiger partial charge in [0.1, 0.15) is 0 Å². The third-order valence-corrected chi connectivity index (χ3v) is 5.36. The molecule has 2 fully saturated rings. The molecule has 2 aliphatic rings. The molecular weight excluding hydrogens is 340 g/mol. The van der Waals surface area contributed by atoms with Gasteiger partial charge < -0.3 is 4.57 Å². The van der Waals surface area contributed by atoms with Crippen molar-refractivity contribution in [2.24, 2.45) is 5.92 Å². The summed E-state index contributed by atoms with van der Waals surface area (Å²) in [5, 5.41) is 4.54. The summed E-state index contributed by atoms with van der Waals surface area (Å²) >= 11 is 0. The van der Waals surface area contributed by atoms with Gasteiger partial charge in [-0.1, -0.05) is 0 Å². The minimum Gasteiger partial charge on any atom is -0.330 e. The maximum atomic E-state index is 12.2. The minimum atomic E-state index is -0.0482. The standard InChI is InChI=1S/C20H22N6O/c27-20-6-5-19(16-2-1-7-21-8-16)23-26(20)12-15-10-24(11-15)13-18-9-22-14-25(18)17-3-4-17/h1-2,5-9,14-15,17H,3-4,10-13H2. The number of likely N-dealkylation sites (tertiary alicyclic amines) is 1. The van der Waals surface area contributed by atoms with Gasteiger partial charge in [-0.15, -0.1) is 0 Å². The van der Waals surface area contributed by atoms with Crippen LogP contribution in [0.2, 0.25) is 0 Å². The van der Waals surface area contributed by atoms with E-state index in [1.165, 1.54) is 18.5 Å². The van der Waals surface area contributed by atoms with Crippen molar-refractivity contribution < 1.29 is 0 Å². The van der Waals surface area contributed by atoms with Gasteiger partial charge >= 0.3 is 0 Å². The third-order valence-electron chi connectivity index (χ3n) is 5.36. The van der Waals surface area contributed by atoms with E-state index in [4.69, 9.17) is 0 Å². The zero-order valence-corrected chi connectivity index (χ0v) is 15.1. The highest BCUT2D eigenvalue weighted by Gasteiger charge is 2.30. The first-order valence-electron chi connectivity index (χ1n) is 9.48. The molecular formula is C20H22N6O. The van der Waals surface area contributed by atoms with Crippen LogP contribution < -0.4 is 5.56 Å². The van der Waals surface area contributed by atoms with Gasteiger partial charge in [0.2, 0.25) is 0 Å². The molecule has 0 unspecified atom stereocenters. The molecule has 3 aromatic rings. The Morgan fingerprint density at radius 3 is 2.74 bits per heavy atom. The van der Waals surface area contributed by atoms with E-state index >= 15 is 0 Å². The fourth-order valence-electron chi connectivity index (χ4n) is 3.78. The van der Waals surface area contributed by atoms with Gasteiger partial charge in [0.05, 0.1) is 24.3 Å². The van der Waals surface area contributed by atoms with Crippen molar-refractivity contribution in [1.82, 2.24) is 29.2 Å². The second-order valence-electron chi connectivity index (χ2n) is 7.56. The molecule has 1 aliphatic carbocycles. The van der Waals surface area contributed by atoms with Crippen molar-refractivity contribution in [1.29, 1.82) is 0 Å². The second-order valence-corrected chi connectivity index (χ2v) is 7.56. The molecule has 0 amide bonds. The molecule has 7 nitrogen and oxygen atoms in total. The van der Waals surface area contributed by atoms with Crippen LogP contribution in [-0.2, 0) is 13.1 Å². The molecule has 7 heteroatoms. The predicted molar refractivity (Wildman–Crippen MR) is 101 cm³/mol. The Kier molecular flexibility index (Phi) is 4.09. The zero-order chi connectivity index (χ0) is 18.2. The average molecular weight is 362 g/mol. The first-order chi connectivity index (χ1) is 13.3. The van der Waals surface area contributed by atoms with E-state index in [0.29, 0.717) is 18.5 Å². The molecule has 1 aliphatic heterocycles. The maximum absolute atomic E-state index is 12.2. The van der Waals surface area contributed by atoms with Crippen LogP contribution in [0.4, 0.5) is 0 Å². The normalized spacial score (nSPS) is 17.8. The van der Waals surface area contributed by atoms with Gasteiger partial charge in [0.25, 0.3) is 5.56 Å². The van der Waals surface area contributed by atoms with Crippen molar-refractivity contribution in [2.45, 2.75) is 32.0 Å². The number of rotatable bonds is 6. The molecule has 27 heavy (non-hydrogen) atoms. The first kappa shape index (κ1) is 16.4. The van der Waals surface area contributed by atoms with E-state index in [2.05, 4.69) is 24.5 Å². The molecule has 0 spiro atoms. The molecule has 1 saturated heterocycles. The Hall–Kier alpha value is -2.80. The number of nitrogens with zero attached hydrogens (tertiary/aromatic N) is 6. The van der Waals surface area contributed by atoms with Gasteiger partial charge in [0, 0.05) is 61.8 Å². The Bertz CT molecular complexity index is 985. The van der Waals surface area contributed by atoms with Crippen LogP contribution in [0.3, 0.4) is 0 Å². The largest absolute Gasteiger partial charge is 0.330 e. The van der Waals surface area contributed by atoms with Crippen LogP contribution >= 0.6 is 0 Å². The zero-order valence-electron chi connectivity index (χ0n) is 15.1. The van der Waals surface area contributed by atoms with Crippen molar-refractivity contribution in [3.63, 3.8) is 0 Å². The third kappa shape index (κ3) is 3.42. The smallest absolute Gasteiger partial charge is 0.266 e. The molecule has 0 atom stereocenters. The van der Waals surface area contributed by atoms with Crippen LogP contribution in [0.15, 0.2) is 54.0 Å². The summed E-state index contributed by atoms with van der Waals surface area (Å²) in [7, 11) is 0. The Morgan fingerprint density at radius 1 is 1.07 bits per heavy atom. The summed E-state index contributed by atoms with van der Waals surface area (Å²) in [5.74, 6) is 0.455. The molecule has 0 N–H and O–H groups in total.